The van der Waals surface area contributed by atoms with Crippen molar-refractivity contribution in [3.05, 3.63) is 24.3 Å². The lowest BCUT2D eigenvalue weighted by Gasteiger charge is -2.15. The largest absolute Gasteiger partial charge is 0.497 e. The van der Waals surface area contributed by atoms with Crippen LogP contribution in [0.2, 0.25) is 0 Å². The molecule has 0 amide bonds. The molecule has 1 unspecified atom stereocenters. The summed E-state index contributed by atoms with van der Waals surface area (Å²) < 4.78 is 31.5. The minimum Gasteiger partial charge on any atom is -0.497 e. The molecule has 0 aromatic heterocycles. The summed E-state index contributed by atoms with van der Waals surface area (Å²) in [6.45, 7) is 3.67. The van der Waals surface area contributed by atoms with E-state index >= 15 is 0 Å². The quantitative estimate of drug-likeness (QED) is 0.762. The molecule has 0 heterocycles. The van der Waals surface area contributed by atoms with Crippen LogP contribution in [0.25, 0.3) is 0 Å². The molecule has 0 radical (unpaired) electrons. The molecule has 7 heteroatoms. The topological polar surface area (TPSA) is 92.7 Å². The van der Waals surface area contributed by atoms with Gasteiger partial charge in [-0.05, 0) is 36.6 Å². The Labute approximate surface area is 125 Å². The monoisotopic (exact) mass is 315 g/mol. The highest BCUT2D eigenvalue weighted by atomic mass is 32.2. The maximum absolute atomic E-state index is 12.1. The normalized spacial score (nSPS) is 13.1. The van der Waals surface area contributed by atoms with Gasteiger partial charge in [-0.1, -0.05) is 13.8 Å². The van der Waals surface area contributed by atoms with Gasteiger partial charge < -0.3 is 9.84 Å². The Morgan fingerprint density at radius 3 is 2.29 bits per heavy atom. The zero-order chi connectivity index (χ0) is 16.0. The molecule has 1 aromatic rings. The van der Waals surface area contributed by atoms with Crippen LogP contribution in [0.4, 0.5) is 0 Å². The van der Waals surface area contributed by atoms with Crippen molar-refractivity contribution in [2.24, 2.45) is 11.8 Å². The van der Waals surface area contributed by atoms with Crippen LogP contribution in [0, 0.1) is 11.8 Å². The van der Waals surface area contributed by atoms with E-state index in [0.29, 0.717) is 12.2 Å². The molecule has 1 rings (SSSR count). The summed E-state index contributed by atoms with van der Waals surface area (Å²) in [5.41, 5.74) is 0. The molecule has 21 heavy (non-hydrogen) atoms. The Balaban J connectivity index is 2.76. The van der Waals surface area contributed by atoms with E-state index in [1.54, 1.807) is 0 Å². The van der Waals surface area contributed by atoms with Gasteiger partial charge in [-0.2, -0.15) is 0 Å². The van der Waals surface area contributed by atoms with E-state index < -0.39 is 21.9 Å². The molecular formula is C14H21NO5S. The highest BCUT2D eigenvalue weighted by Gasteiger charge is 2.22. The number of aliphatic carboxylic acids is 1. The predicted octanol–water partition coefficient (Wildman–Crippen LogP) is 1.72. The fourth-order valence-corrected chi connectivity index (χ4v) is 2.97. The molecule has 118 valence electrons. The molecule has 1 atom stereocenters. The summed E-state index contributed by atoms with van der Waals surface area (Å²) in [5.74, 6) is -1.01. The summed E-state index contributed by atoms with van der Waals surface area (Å²) in [6, 6.07) is 5.91. The Morgan fingerprint density at radius 2 is 1.86 bits per heavy atom. The molecular weight excluding hydrogens is 294 g/mol. The van der Waals surface area contributed by atoms with Gasteiger partial charge in [0.1, 0.15) is 5.75 Å². The fourth-order valence-electron chi connectivity index (χ4n) is 1.89. The highest BCUT2D eigenvalue weighted by molar-refractivity contribution is 7.89. The first-order valence-corrected chi connectivity index (χ1v) is 8.11. The van der Waals surface area contributed by atoms with E-state index in [-0.39, 0.29) is 17.4 Å². The van der Waals surface area contributed by atoms with Crippen LogP contribution in [0.1, 0.15) is 20.3 Å². The van der Waals surface area contributed by atoms with E-state index in [1.807, 2.05) is 13.8 Å². The van der Waals surface area contributed by atoms with Crippen LogP contribution in [-0.2, 0) is 14.8 Å². The van der Waals surface area contributed by atoms with Crippen molar-refractivity contribution in [2.45, 2.75) is 25.2 Å². The van der Waals surface area contributed by atoms with Gasteiger partial charge in [-0.25, -0.2) is 13.1 Å². The molecule has 0 spiro atoms. The second-order valence-electron chi connectivity index (χ2n) is 5.19. The summed E-state index contributed by atoms with van der Waals surface area (Å²) in [6.07, 6.45) is 0.417. The Morgan fingerprint density at radius 1 is 1.29 bits per heavy atom. The lowest BCUT2D eigenvalue weighted by Crippen LogP contribution is -2.33. The summed E-state index contributed by atoms with van der Waals surface area (Å²) in [5, 5.41) is 9.11. The number of carboxylic acids is 1. The third-order valence-corrected chi connectivity index (χ3v) is 4.43. The van der Waals surface area contributed by atoms with Crippen LogP contribution in [0.3, 0.4) is 0 Å². The van der Waals surface area contributed by atoms with Crippen molar-refractivity contribution in [1.29, 1.82) is 0 Å². The molecule has 0 aliphatic carbocycles. The van der Waals surface area contributed by atoms with Gasteiger partial charge in [-0.3, -0.25) is 4.79 Å². The van der Waals surface area contributed by atoms with Crippen molar-refractivity contribution >= 4 is 16.0 Å². The van der Waals surface area contributed by atoms with E-state index in [9.17, 15) is 13.2 Å². The molecule has 6 nitrogen and oxygen atoms in total. The molecule has 0 fully saturated rings. The molecule has 0 saturated heterocycles. The van der Waals surface area contributed by atoms with Gasteiger partial charge >= 0.3 is 5.97 Å². The van der Waals surface area contributed by atoms with Crippen LogP contribution in [0.5, 0.6) is 5.75 Å². The minimum atomic E-state index is -3.72. The van der Waals surface area contributed by atoms with Crippen molar-refractivity contribution < 1.29 is 23.1 Å². The minimum absolute atomic E-state index is 0.0805. The van der Waals surface area contributed by atoms with Crippen molar-refractivity contribution in [3.8, 4) is 5.75 Å². The van der Waals surface area contributed by atoms with Gasteiger partial charge in [0.2, 0.25) is 10.0 Å². The lowest BCUT2D eigenvalue weighted by atomic mass is 9.98. The zero-order valence-corrected chi connectivity index (χ0v) is 13.2. The van der Waals surface area contributed by atoms with Gasteiger partial charge in [-0.15, -0.1) is 0 Å². The SMILES string of the molecule is COc1ccc(S(=O)(=O)NCC(CC(C)C)C(=O)O)cc1. The van der Waals surface area contributed by atoms with Crippen molar-refractivity contribution in [2.75, 3.05) is 13.7 Å². The number of benzene rings is 1. The van der Waals surface area contributed by atoms with Gasteiger partial charge in [0.25, 0.3) is 0 Å². The molecule has 0 saturated carbocycles. The molecule has 0 bridgehead atoms. The van der Waals surface area contributed by atoms with Crippen molar-refractivity contribution in [3.63, 3.8) is 0 Å². The van der Waals surface area contributed by atoms with E-state index in [4.69, 9.17) is 9.84 Å². The number of hydrogen-bond donors (Lipinski definition) is 2. The van der Waals surface area contributed by atoms with Crippen LogP contribution >= 0.6 is 0 Å². The molecule has 2 N–H and O–H groups in total. The average Bonchev–Trinajstić information content (AvgIpc) is 2.43. The summed E-state index contributed by atoms with van der Waals surface area (Å²) in [4.78, 5) is 11.2. The number of carboxylic acid groups (broad SMARTS) is 1. The summed E-state index contributed by atoms with van der Waals surface area (Å²) in [7, 11) is -2.23. The molecule has 1 aromatic carbocycles. The maximum atomic E-state index is 12.1. The van der Waals surface area contributed by atoms with Gasteiger partial charge in [0, 0.05) is 6.54 Å². The first-order valence-electron chi connectivity index (χ1n) is 6.62. The molecule has 0 aliphatic heterocycles. The third kappa shape index (κ3) is 5.35. The lowest BCUT2D eigenvalue weighted by molar-refractivity contribution is -0.142. The van der Waals surface area contributed by atoms with Crippen LogP contribution < -0.4 is 9.46 Å². The Bertz CT molecular complexity index is 566. The van der Waals surface area contributed by atoms with Crippen LogP contribution in [0.15, 0.2) is 29.2 Å². The number of nitrogens with one attached hydrogen (secondary N) is 1. The second kappa shape index (κ2) is 7.42. The van der Waals surface area contributed by atoms with Gasteiger partial charge in [0.15, 0.2) is 0 Å². The molecule has 0 aliphatic rings. The fraction of sp³-hybridized carbons (Fsp3) is 0.500. The van der Waals surface area contributed by atoms with E-state index in [0.717, 1.165) is 0 Å². The average molecular weight is 315 g/mol. The standard InChI is InChI=1S/C14H21NO5S/c1-10(2)8-11(14(16)17)9-15-21(18,19)13-6-4-12(20-3)5-7-13/h4-7,10-11,15H,8-9H2,1-3H3,(H,16,17). The number of hydrogen-bond acceptors (Lipinski definition) is 4. The number of carbonyl (C=O) groups is 1. The number of methoxy groups -OCH3 is 1. The number of rotatable bonds is 8. The number of sulfonamides is 1. The smallest absolute Gasteiger partial charge is 0.307 e. The zero-order valence-electron chi connectivity index (χ0n) is 12.4. The number of ether oxygens (including phenoxy) is 1. The van der Waals surface area contributed by atoms with Crippen LogP contribution in [-0.4, -0.2) is 33.1 Å². The van der Waals surface area contributed by atoms with Gasteiger partial charge in [0.05, 0.1) is 17.9 Å². The Hall–Kier alpha value is -1.60. The van der Waals surface area contributed by atoms with E-state index in [1.165, 1.54) is 31.4 Å². The highest BCUT2D eigenvalue weighted by Crippen LogP contribution is 2.16. The maximum Gasteiger partial charge on any atom is 0.307 e. The first kappa shape index (κ1) is 17.5. The predicted molar refractivity (Wildman–Crippen MR) is 78.8 cm³/mol. The van der Waals surface area contributed by atoms with Crippen molar-refractivity contribution in [1.82, 2.24) is 4.72 Å². The van der Waals surface area contributed by atoms with E-state index in [2.05, 4.69) is 4.72 Å². The third-order valence-electron chi connectivity index (χ3n) is 2.99. The second-order valence-corrected chi connectivity index (χ2v) is 6.96. The first-order chi connectivity index (χ1) is 9.76. The Kier molecular flexibility index (Phi) is 6.17. The summed E-state index contributed by atoms with van der Waals surface area (Å²) >= 11 is 0.